The Morgan fingerprint density at radius 2 is 1.72 bits per heavy atom. The maximum Gasteiger partial charge on any atom is 0.317 e. The molecule has 3 amide bonds. The minimum Gasteiger partial charge on any atom is -0.379 e. The highest BCUT2D eigenvalue weighted by Crippen LogP contribution is 2.29. The van der Waals surface area contributed by atoms with Gasteiger partial charge in [-0.2, -0.15) is 0 Å². The van der Waals surface area contributed by atoms with Crippen molar-refractivity contribution in [2.45, 2.75) is 26.3 Å². The number of rotatable bonds is 9. The number of hydrogen-bond acceptors (Lipinski definition) is 4. The largest absolute Gasteiger partial charge is 0.379 e. The smallest absolute Gasteiger partial charge is 0.317 e. The number of carbonyl (C=O) groups is 2. The number of nitrogens with zero attached hydrogens (tertiary/aromatic N) is 2. The van der Waals surface area contributed by atoms with Crippen molar-refractivity contribution in [2.24, 2.45) is 0 Å². The van der Waals surface area contributed by atoms with E-state index in [-0.39, 0.29) is 11.9 Å². The summed E-state index contributed by atoms with van der Waals surface area (Å²) in [5.74, 6) is -0.146. The van der Waals surface area contributed by atoms with Gasteiger partial charge in [0, 0.05) is 61.4 Å². The van der Waals surface area contributed by atoms with Crippen molar-refractivity contribution in [1.82, 2.24) is 15.5 Å². The van der Waals surface area contributed by atoms with Crippen LogP contribution >= 0.6 is 23.2 Å². The fraction of sp³-hybridized carbons (Fsp3) is 0.333. The molecule has 0 unspecified atom stereocenters. The summed E-state index contributed by atoms with van der Waals surface area (Å²) in [4.78, 5) is 29.6. The van der Waals surface area contributed by atoms with Gasteiger partial charge in [-0.1, -0.05) is 59.6 Å². The van der Waals surface area contributed by atoms with Crippen LogP contribution in [-0.2, 0) is 13.0 Å². The molecule has 0 radical (unpaired) electrons. The van der Waals surface area contributed by atoms with Gasteiger partial charge in [-0.3, -0.25) is 4.79 Å². The lowest BCUT2D eigenvalue weighted by Crippen LogP contribution is -2.42. The Hall–Kier alpha value is -3.42. The van der Waals surface area contributed by atoms with E-state index in [0.717, 1.165) is 35.5 Å². The Morgan fingerprint density at radius 3 is 2.49 bits per heavy atom. The molecule has 1 aliphatic rings. The zero-order valence-electron chi connectivity index (χ0n) is 22.2. The Kier molecular flexibility index (Phi) is 10.3. The molecule has 0 atom stereocenters. The average molecular weight is 569 g/mol. The SMILES string of the molecule is CCNC(=O)N1CCCN(c2ccc(C(=O)NCCc3ccc(Cl)cc3Cl)cc2NCc2ccccc2)CC1. The third-order valence-corrected chi connectivity index (χ3v) is 7.32. The van der Waals surface area contributed by atoms with E-state index in [1.54, 1.807) is 12.1 Å². The molecule has 0 saturated carbocycles. The topological polar surface area (TPSA) is 76.7 Å². The first-order valence-corrected chi connectivity index (χ1v) is 14.1. The van der Waals surface area contributed by atoms with Gasteiger partial charge in [-0.05, 0) is 61.2 Å². The molecule has 9 heteroatoms. The molecule has 0 aromatic heterocycles. The predicted octanol–water partition coefficient (Wildman–Crippen LogP) is 5.82. The van der Waals surface area contributed by atoms with Gasteiger partial charge >= 0.3 is 6.03 Å². The van der Waals surface area contributed by atoms with E-state index < -0.39 is 0 Å². The van der Waals surface area contributed by atoms with Crippen LogP contribution in [0.4, 0.5) is 16.2 Å². The summed E-state index contributed by atoms with van der Waals surface area (Å²) in [5.41, 5.74) is 4.57. The summed E-state index contributed by atoms with van der Waals surface area (Å²) in [7, 11) is 0. The van der Waals surface area contributed by atoms with Crippen LogP contribution in [0.2, 0.25) is 10.0 Å². The zero-order chi connectivity index (χ0) is 27.6. The minimum atomic E-state index is -0.146. The summed E-state index contributed by atoms with van der Waals surface area (Å²) in [5, 5.41) is 10.6. The molecule has 0 spiro atoms. The van der Waals surface area contributed by atoms with Crippen LogP contribution in [0.5, 0.6) is 0 Å². The summed E-state index contributed by atoms with van der Waals surface area (Å²) < 4.78 is 0. The summed E-state index contributed by atoms with van der Waals surface area (Å²) in [6, 6.07) is 21.3. The second kappa shape index (κ2) is 14.1. The van der Waals surface area contributed by atoms with Crippen LogP contribution in [0, 0.1) is 0 Å². The van der Waals surface area contributed by atoms with Crippen LogP contribution in [0.1, 0.15) is 34.8 Å². The Bertz CT molecular complexity index is 1270. The number of carbonyl (C=O) groups excluding carboxylic acids is 2. The van der Waals surface area contributed by atoms with Crippen LogP contribution in [0.3, 0.4) is 0 Å². The molecule has 1 aliphatic heterocycles. The number of urea groups is 1. The van der Waals surface area contributed by atoms with Crippen LogP contribution in [0.15, 0.2) is 66.7 Å². The average Bonchev–Trinajstić information content (AvgIpc) is 3.20. The van der Waals surface area contributed by atoms with Gasteiger partial charge in [0.25, 0.3) is 5.91 Å². The maximum atomic E-state index is 13.1. The molecule has 0 bridgehead atoms. The predicted molar refractivity (Wildman–Crippen MR) is 160 cm³/mol. The molecule has 7 nitrogen and oxygen atoms in total. The maximum absolute atomic E-state index is 13.1. The van der Waals surface area contributed by atoms with Crippen molar-refractivity contribution in [2.75, 3.05) is 49.5 Å². The van der Waals surface area contributed by atoms with E-state index in [4.69, 9.17) is 23.2 Å². The molecule has 1 heterocycles. The van der Waals surface area contributed by atoms with Crippen molar-refractivity contribution < 1.29 is 9.59 Å². The molecular formula is C30H35Cl2N5O2. The minimum absolute atomic E-state index is 0.0197. The molecule has 206 valence electrons. The number of hydrogen-bond donors (Lipinski definition) is 3. The van der Waals surface area contributed by atoms with Gasteiger partial charge in [-0.25, -0.2) is 4.79 Å². The molecule has 1 saturated heterocycles. The van der Waals surface area contributed by atoms with E-state index in [1.165, 1.54) is 0 Å². The fourth-order valence-electron chi connectivity index (χ4n) is 4.65. The first-order valence-electron chi connectivity index (χ1n) is 13.4. The van der Waals surface area contributed by atoms with Crippen molar-refractivity contribution in [1.29, 1.82) is 0 Å². The molecule has 1 fully saturated rings. The van der Waals surface area contributed by atoms with Gasteiger partial charge in [0.1, 0.15) is 0 Å². The number of halogens is 2. The Labute approximate surface area is 240 Å². The van der Waals surface area contributed by atoms with Crippen molar-refractivity contribution in [3.8, 4) is 0 Å². The third-order valence-electron chi connectivity index (χ3n) is 6.73. The highest BCUT2D eigenvalue weighted by Gasteiger charge is 2.21. The number of anilines is 2. The molecule has 4 rings (SSSR count). The lowest BCUT2D eigenvalue weighted by molar-refractivity contribution is 0.0954. The molecule has 3 aromatic carbocycles. The van der Waals surface area contributed by atoms with E-state index in [0.29, 0.717) is 61.3 Å². The highest BCUT2D eigenvalue weighted by atomic mass is 35.5. The molecule has 3 aromatic rings. The monoisotopic (exact) mass is 567 g/mol. The second-order valence-electron chi connectivity index (χ2n) is 9.48. The third kappa shape index (κ3) is 8.04. The molecule has 3 N–H and O–H groups in total. The van der Waals surface area contributed by atoms with Gasteiger partial charge in [0.15, 0.2) is 0 Å². The fourth-order valence-corrected chi connectivity index (χ4v) is 5.15. The lowest BCUT2D eigenvalue weighted by atomic mass is 10.1. The van der Waals surface area contributed by atoms with Crippen molar-refractivity contribution >= 4 is 46.5 Å². The van der Waals surface area contributed by atoms with Crippen molar-refractivity contribution in [3.05, 3.63) is 93.5 Å². The number of amides is 3. The van der Waals surface area contributed by atoms with E-state index in [2.05, 4.69) is 33.0 Å². The Morgan fingerprint density at radius 1 is 0.897 bits per heavy atom. The zero-order valence-corrected chi connectivity index (χ0v) is 23.7. The summed E-state index contributed by atoms with van der Waals surface area (Å²) in [6.07, 6.45) is 1.47. The molecule has 0 aliphatic carbocycles. The standard InChI is InChI=1S/C30H35Cl2N5O2/c1-2-33-30(39)37-16-6-15-36(17-18-37)28-12-10-24(19-27(28)35-21-22-7-4-3-5-8-22)29(38)34-14-13-23-9-11-25(31)20-26(23)32/h3-5,7-12,19-20,35H,2,6,13-18,21H2,1H3,(H,33,39)(H,34,38). The van der Waals surface area contributed by atoms with E-state index in [9.17, 15) is 9.59 Å². The quantitative estimate of drug-likeness (QED) is 0.304. The molecule has 39 heavy (non-hydrogen) atoms. The van der Waals surface area contributed by atoms with Gasteiger partial charge in [0.2, 0.25) is 0 Å². The Balaban J connectivity index is 1.47. The highest BCUT2D eigenvalue weighted by molar-refractivity contribution is 6.35. The van der Waals surface area contributed by atoms with Crippen LogP contribution in [0.25, 0.3) is 0 Å². The number of nitrogens with one attached hydrogen (secondary N) is 3. The first kappa shape index (κ1) is 28.6. The van der Waals surface area contributed by atoms with Crippen LogP contribution in [-0.4, -0.2) is 56.1 Å². The summed E-state index contributed by atoms with van der Waals surface area (Å²) in [6.45, 7) is 6.52. The number of benzene rings is 3. The van der Waals surface area contributed by atoms with Gasteiger partial charge in [-0.15, -0.1) is 0 Å². The van der Waals surface area contributed by atoms with Crippen molar-refractivity contribution in [3.63, 3.8) is 0 Å². The summed E-state index contributed by atoms with van der Waals surface area (Å²) >= 11 is 12.3. The normalized spacial score (nSPS) is 13.5. The lowest BCUT2D eigenvalue weighted by Gasteiger charge is -2.27. The van der Waals surface area contributed by atoms with E-state index in [1.807, 2.05) is 54.3 Å². The van der Waals surface area contributed by atoms with E-state index >= 15 is 0 Å². The molecular weight excluding hydrogens is 533 g/mol. The van der Waals surface area contributed by atoms with Gasteiger partial charge < -0.3 is 25.8 Å². The first-order chi connectivity index (χ1) is 18.9. The van der Waals surface area contributed by atoms with Crippen LogP contribution < -0.4 is 20.9 Å². The second-order valence-corrected chi connectivity index (χ2v) is 10.3. The van der Waals surface area contributed by atoms with Gasteiger partial charge in [0.05, 0.1) is 11.4 Å².